The average Bonchev–Trinajstić information content (AvgIpc) is 3.83. The van der Waals surface area contributed by atoms with Crippen LogP contribution in [-0.2, 0) is 35.3 Å². The Morgan fingerprint density at radius 2 is 1.80 bits per heavy atom. The Balaban J connectivity index is 1.30. The van der Waals surface area contributed by atoms with E-state index in [1.54, 1.807) is 15.7 Å². The molecule has 4 aliphatic heterocycles. The van der Waals surface area contributed by atoms with E-state index < -0.39 is 41.7 Å². The lowest BCUT2D eigenvalue weighted by atomic mass is 9.74. The van der Waals surface area contributed by atoms with Gasteiger partial charge in [0.2, 0.25) is 11.8 Å². The van der Waals surface area contributed by atoms with Gasteiger partial charge in [0.05, 0.1) is 18.0 Å². The van der Waals surface area contributed by atoms with E-state index in [9.17, 15) is 24.3 Å². The number of aromatic nitrogens is 3. The second-order valence-corrected chi connectivity index (χ2v) is 13.6. The maximum absolute atomic E-state index is 14.9. The molecule has 0 saturated carbocycles. The molecule has 3 aromatic rings. The number of benzene rings is 2. The van der Waals surface area contributed by atoms with Crippen molar-refractivity contribution in [2.45, 2.75) is 56.2 Å². The molecule has 2 fully saturated rings. The second-order valence-electron chi connectivity index (χ2n) is 12.7. The molecule has 6 atom stereocenters. The van der Waals surface area contributed by atoms with Crippen molar-refractivity contribution < 1.29 is 33.8 Å². The molecule has 0 radical (unpaired) electrons. The Hall–Kier alpha value is -4.40. The van der Waals surface area contributed by atoms with Crippen LogP contribution in [0.3, 0.4) is 0 Å². The Bertz CT molecular complexity index is 1810. The van der Waals surface area contributed by atoms with Gasteiger partial charge in [0.15, 0.2) is 0 Å². The molecule has 1 spiro atoms. The number of halogens is 1. The molecule has 7 rings (SSSR count). The van der Waals surface area contributed by atoms with E-state index in [1.807, 2.05) is 66.7 Å². The number of nitrogens with one attached hydrogen (secondary N) is 1. The Morgan fingerprint density at radius 3 is 2.61 bits per heavy atom. The normalized spacial score (nSPS) is 29.6. The van der Waals surface area contributed by atoms with E-state index >= 15 is 0 Å². The van der Waals surface area contributed by atoms with Gasteiger partial charge in [-0.15, -0.1) is 5.10 Å². The molecular weight excluding hydrogens is 696 g/mol. The highest BCUT2D eigenvalue weighted by Crippen LogP contribution is 2.59. The van der Waals surface area contributed by atoms with Crippen LogP contribution in [0.4, 0.5) is 0 Å². The number of carbonyl (C=O) groups is 4. The highest BCUT2D eigenvalue weighted by atomic mass is 79.9. The molecule has 2 aromatic carbocycles. The van der Waals surface area contributed by atoms with Crippen LogP contribution in [0, 0.1) is 11.8 Å². The summed E-state index contributed by atoms with van der Waals surface area (Å²) in [5, 5.41) is 21.0. The first-order chi connectivity index (χ1) is 23.8. The van der Waals surface area contributed by atoms with Gasteiger partial charge in [-0.2, -0.15) is 0 Å². The standard InChI is InChI=1S/C35H37BrN6O7/c36-23-19-35-29-28(30(23)49-35)34(47)48-26(22-11-3-1-4-12-22)20-37-27(44)15-5-2-8-16-40(21-42-25-14-7-6-13-24(25)38-39-42)33(46)31(35)41(32(29)45)17-9-10-18-43/h1-4,6-8,11-14,19,26,28-31,43H,5,9-10,15-18,20-21H2,(H,37,44)/b8-2-/t26-,28-,29+,30-,31-,35+/m1/s1. The number of amides is 3. The number of hydrogen-bond acceptors (Lipinski definition) is 9. The SMILES string of the molecule is O=C1CC/C=C\CN(Cn2nnc3ccccc32)C(=O)[C@H]2N(CCCCO)C(=O)[C@@H]3[C@@H](C(=O)O[C@@H](c4ccccc4)CN1)[C@@H]1O[C@@]32C=C1Br. The van der Waals surface area contributed by atoms with Crippen LogP contribution >= 0.6 is 15.9 Å². The number of fused-ring (bicyclic) bond motifs is 3. The molecule has 256 valence electrons. The van der Waals surface area contributed by atoms with Crippen LogP contribution in [0.15, 0.2) is 77.3 Å². The summed E-state index contributed by atoms with van der Waals surface area (Å²) in [6.07, 6.45) is 5.27. The minimum absolute atomic E-state index is 0.0264. The average molecular weight is 734 g/mol. The maximum Gasteiger partial charge on any atom is 0.313 e. The molecule has 5 heterocycles. The quantitative estimate of drug-likeness (QED) is 0.212. The van der Waals surface area contributed by atoms with E-state index in [0.717, 1.165) is 5.52 Å². The summed E-state index contributed by atoms with van der Waals surface area (Å²) < 4.78 is 14.9. The van der Waals surface area contributed by atoms with Crippen molar-refractivity contribution in [1.82, 2.24) is 30.1 Å². The molecule has 14 heteroatoms. The van der Waals surface area contributed by atoms with E-state index in [2.05, 4.69) is 31.6 Å². The summed E-state index contributed by atoms with van der Waals surface area (Å²) in [4.78, 5) is 59.5. The number of para-hydroxylation sites is 1. The number of carbonyl (C=O) groups excluding carboxylic acids is 4. The van der Waals surface area contributed by atoms with Crippen molar-refractivity contribution in [1.29, 1.82) is 0 Å². The number of allylic oxidation sites excluding steroid dienone is 1. The largest absolute Gasteiger partial charge is 0.455 e. The molecule has 49 heavy (non-hydrogen) atoms. The lowest BCUT2D eigenvalue weighted by Gasteiger charge is -2.35. The number of hydrogen-bond donors (Lipinski definition) is 2. The van der Waals surface area contributed by atoms with Crippen molar-refractivity contribution in [3.05, 3.63) is 82.9 Å². The zero-order valence-electron chi connectivity index (χ0n) is 26.7. The number of nitrogens with zero attached hydrogens (tertiary/aromatic N) is 5. The van der Waals surface area contributed by atoms with Gasteiger partial charge in [-0.05, 0) is 43.0 Å². The molecule has 0 unspecified atom stereocenters. The first-order valence-electron chi connectivity index (χ1n) is 16.5. The minimum Gasteiger partial charge on any atom is -0.455 e. The Kier molecular flexibility index (Phi) is 9.36. The third kappa shape index (κ3) is 6.06. The van der Waals surface area contributed by atoms with Gasteiger partial charge in [-0.1, -0.05) is 75.8 Å². The lowest BCUT2D eigenvalue weighted by molar-refractivity contribution is -0.160. The minimum atomic E-state index is -1.45. The smallest absolute Gasteiger partial charge is 0.313 e. The molecule has 2 N–H and O–H groups in total. The number of aliphatic hydroxyl groups is 1. The van der Waals surface area contributed by atoms with Crippen LogP contribution < -0.4 is 5.32 Å². The molecule has 13 nitrogen and oxygen atoms in total. The fourth-order valence-electron chi connectivity index (χ4n) is 7.42. The van der Waals surface area contributed by atoms with E-state index in [0.29, 0.717) is 34.8 Å². The number of likely N-dealkylation sites (tertiary alicyclic amines) is 1. The maximum atomic E-state index is 14.9. The third-order valence-corrected chi connectivity index (χ3v) is 10.4. The number of ether oxygens (including phenoxy) is 2. The van der Waals surface area contributed by atoms with Gasteiger partial charge in [-0.3, -0.25) is 19.2 Å². The highest BCUT2D eigenvalue weighted by molar-refractivity contribution is 9.11. The van der Waals surface area contributed by atoms with Crippen molar-refractivity contribution in [3.8, 4) is 0 Å². The van der Waals surface area contributed by atoms with Crippen LogP contribution in [0.5, 0.6) is 0 Å². The number of rotatable bonds is 7. The van der Waals surface area contributed by atoms with Crippen LogP contribution in [0.25, 0.3) is 11.0 Å². The summed E-state index contributed by atoms with van der Waals surface area (Å²) in [5.41, 5.74) is 0.642. The number of aliphatic hydroxyl groups excluding tert-OH is 1. The lowest BCUT2D eigenvalue weighted by Crippen LogP contribution is -2.56. The monoisotopic (exact) mass is 732 g/mol. The van der Waals surface area contributed by atoms with Gasteiger partial charge in [-0.25, -0.2) is 4.68 Å². The van der Waals surface area contributed by atoms with E-state index in [-0.39, 0.29) is 57.1 Å². The van der Waals surface area contributed by atoms with Crippen molar-refractivity contribution >= 4 is 50.7 Å². The molecule has 1 aromatic heterocycles. The predicted octanol–water partition coefficient (Wildman–Crippen LogP) is 2.61. The predicted molar refractivity (Wildman–Crippen MR) is 179 cm³/mol. The summed E-state index contributed by atoms with van der Waals surface area (Å²) >= 11 is 3.59. The van der Waals surface area contributed by atoms with Crippen molar-refractivity contribution in [2.24, 2.45) is 11.8 Å². The molecule has 2 saturated heterocycles. The number of cyclic esters (lactones) is 1. The molecule has 5 bridgehead atoms. The van der Waals surface area contributed by atoms with Gasteiger partial charge in [0.1, 0.15) is 42.0 Å². The van der Waals surface area contributed by atoms with Crippen LogP contribution in [0.1, 0.15) is 37.4 Å². The fourth-order valence-corrected chi connectivity index (χ4v) is 8.15. The first kappa shape index (κ1) is 33.1. The first-order valence-corrected chi connectivity index (χ1v) is 17.3. The zero-order valence-corrected chi connectivity index (χ0v) is 28.3. The summed E-state index contributed by atoms with van der Waals surface area (Å²) in [6, 6.07) is 15.4. The molecule has 0 aliphatic carbocycles. The molecular formula is C35H37BrN6O7. The van der Waals surface area contributed by atoms with Crippen LogP contribution in [0.2, 0.25) is 0 Å². The second kappa shape index (κ2) is 13.8. The van der Waals surface area contributed by atoms with Crippen molar-refractivity contribution in [2.75, 3.05) is 26.2 Å². The number of unbranched alkanes of at least 4 members (excludes halogenated alkanes) is 1. The van der Waals surface area contributed by atoms with Crippen LogP contribution in [-0.4, -0.2) is 97.6 Å². The molecule has 3 amide bonds. The fraction of sp³-hybridized carbons (Fsp3) is 0.429. The highest BCUT2D eigenvalue weighted by Gasteiger charge is 2.74. The summed E-state index contributed by atoms with van der Waals surface area (Å²) in [5.74, 6) is -3.72. The number of esters is 1. The van der Waals surface area contributed by atoms with E-state index in [1.165, 1.54) is 4.90 Å². The van der Waals surface area contributed by atoms with Gasteiger partial charge in [0.25, 0.3) is 5.91 Å². The van der Waals surface area contributed by atoms with Gasteiger partial charge >= 0.3 is 5.97 Å². The van der Waals surface area contributed by atoms with Gasteiger partial charge in [0, 0.05) is 30.6 Å². The van der Waals surface area contributed by atoms with Crippen molar-refractivity contribution in [3.63, 3.8) is 0 Å². The van der Waals surface area contributed by atoms with E-state index in [4.69, 9.17) is 9.47 Å². The summed E-state index contributed by atoms with van der Waals surface area (Å²) in [7, 11) is 0. The van der Waals surface area contributed by atoms with Gasteiger partial charge < -0.3 is 29.7 Å². The summed E-state index contributed by atoms with van der Waals surface area (Å²) in [6.45, 7) is 0.343. The third-order valence-electron chi connectivity index (χ3n) is 9.72. The topological polar surface area (TPSA) is 156 Å². The molecule has 4 aliphatic rings. The Labute approximate surface area is 291 Å². The Morgan fingerprint density at radius 1 is 1.00 bits per heavy atom. The zero-order chi connectivity index (χ0) is 34.1.